The standard InChI is InChI=1S/C20H32O2/c1-2-16-21-17-12-7-5-3-4-6-8-13-18-22-19-20-14-10-9-11-15-20/h2,9-11,14-15H,1,3-8,12-13,16-19H2. The van der Waals surface area contributed by atoms with E-state index in [9.17, 15) is 0 Å². The first-order valence-electron chi connectivity index (χ1n) is 8.74. The lowest BCUT2D eigenvalue weighted by Crippen LogP contribution is -1.95. The third-order valence-corrected chi connectivity index (χ3v) is 3.67. The van der Waals surface area contributed by atoms with Crippen molar-refractivity contribution in [2.45, 2.75) is 58.0 Å². The van der Waals surface area contributed by atoms with Crippen molar-refractivity contribution in [3.8, 4) is 0 Å². The van der Waals surface area contributed by atoms with Gasteiger partial charge in [-0.1, -0.05) is 74.9 Å². The quantitative estimate of drug-likeness (QED) is 0.313. The maximum absolute atomic E-state index is 5.69. The number of hydrogen-bond donors (Lipinski definition) is 0. The molecular weight excluding hydrogens is 272 g/mol. The molecule has 2 heteroatoms. The van der Waals surface area contributed by atoms with Crippen LogP contribution >= 0.6 is 0 Å². The van der Waals surface area contributed by atoms with Crippen molar-refractivity contribution in [2.24, 2.45) is 0 Å². The van der Waals surface area contributed by atoms with Crippen molar-refractivity contribution in [3.63, 3.8) is 0 Å². The summed E-state index contributed by atoms with van der Waals surface area (Å²) in [5.41, 5.74) is 1.26. The van der Waals surface area contributed by atoms with Crippen LogP contribution in [0.3, 0.4) is 0 Å². The number of benzene rings is 1. The Morgan fingerprint density at radius 1 is 0.727 bits per heavy atom. The SMILES string of the molecule is C=CCOCCCCCCCCCCOCc1ccccc1. The van der Waals surface area contributed by atoms with Gasteiger partial charge < -0.3 is 9.47 Å². The highest BCUT2D eigenvalue weighted by Gasteiger charge is 1.94. The van der Waals surface area contributed by atoms with E-state index in [-0.39, 0.29) is 0 Å². The fourth-order valence-electron chi connectivity index (χ4n) is 2.40. The van der Waals surface area contributed by atoms with Crippen LogP contribution in [0.15, 0.2) is 43.0 Å². The first-order chi connectivity index (χ1) is 10.9. The van der Waals surface area contributed by atoms with Crippen molar-refractivity contribution in [1.82, 2.24) is 0 Å². The third-order valence-electron chi connectivity index (χ3n) is 3.67. The number of rotatable bonds is 15. The summed E-state index contributed by atoms with van der Waals surface area (Å²) in [6.45, 7) is 6.83. The normalized spacial score (nSPS) is 10.7. The molecule has 0 spiro atoms. The van der Waals surface area contributed by atoms with Crippen LogP contribution in [0.5, 0.6) is 0 Å². The zero-order valence-corrected chi connectivity index (χ0v) is 14.0. The molecule has 0 N–H and O–H groups in total. The Bertz CT molecular complexity index is 348. The molecule has 124 valence electrons. The highest BCUT2D eigenvalue weighted by molar-refractivity contribution is 5.13. The Morgan fingerprint density at radius 3 is 1.86 bits per heavy atom. The van der Waals surface area contributed by atoms with E-state index in [1.54, 1.807) is 0 Å². The molecule has 0 radical (unpaired) electrons. The lowest BCUT2D eigenvalue weighted by Gasteiger charge is -2.05. The van der Waals surface area contributed by atoms with Crippen LogP contribution in [0.2, 0.25) is 0 Å². The fraction of sp³-hybridized carbons (Fsp3) is 0.600. The van der Waals surface area contributed by atoms with Crippen LogP contribution in [0.4, 0.5) is 0 Å². The van der Waals surface area contributed by atoms with Gasteiger partial charge in [0.25, 0.3) is 0 Å². The van der Waals surface area contributed by atoms with Crippen LogP contribution < -0.4 is 0 Å². The summed E-state index contributed by atoms with van der Waals surface area (Å²) in [6.07, 6.45) is 12.1. The highest BCUT2D eigenvalue weighted by atomic mass is 16.5. The maximum atomic E-state index is 5.69. The Morgan fingerprint density at radius 2 is 1.27 bits per heavy atom. The third kappa shape index (κ3) is 11.5. The van der Waals surface area contributed by atoms with Crippen molar-refractivity contribution in [1.29, 1.82) is 0 Å². The summed E-state index contributed by atoms with van der Waals surface area (Å²) in [5, 5.41) is 0. The molecule has 0 unspecified atom stereocenters. The molecular formula is C20H32O2. The Labute approximate surface area is 136 Å². The smallest absolute Gasteiger partial charge is 0.0716 e. The lowest BCUT2D eigenvalue weighted by molar-refractivity contribution is 0.116. The van der Waals surface area contributed by atoms with E-state index in [0.29, 0.717) is 6.61 Å². The van der Waals surface area contributed by atoms with Gasteiger partial charge in [0.15, 0.2) is 0 Å². The van der Waals surface area contributed by atoms with Crippen molar-refractivity contribution in [3.05, 3.63) is 48.6 Å². The van der Waals surface area contributed by atoms with Gasteiger partial charge in [-0.15, -0.1) is 6.58 Å². The van der Waals surface area contributed by atoms with Gasteiger partial charge in [0, 0.05) is 13.2 Å². The molecule has 22 heavy (non-hydrogen) atoms. The highest BCUT2D eigenvalue weighted by Crippen LogP contribution is 2.09. The molecule has 1 rings (SSSR count). The Kier molecular flexibility index (Phi) is 12.7. The minimum absolute atomic E-state index is 0.687. The monoisotopic (exact) mass is 304 g/mol. The van der Waals surface area contributed by atoms with Crippen LogP contribution in [0.25, 0.3) is 0 Å². The molecule has 0 heterocycles. The second kappa shape index (κ2) is 14.8. The summed E-state index contributed by atoms with van der Waals surface area (Å²) >= 11 is 0. The molecule has 0 aliphatic rings. The minimum Gasteiger partial charge on any atom is -0.377 e. The molecule has 0 fully saturated rings. The zero-order valence-electron chi connectivity index (χ0n) is 14.0. The second-order valence-corrected chi connectivity index (χ2v) is 5.73. The number of ether oxygens (including phenoxy) is 2. The van der Waals surface area contributed by atoms with Crippen LogP contribution in [0, 0.1) is 0 Å². The summed E-state index contributed by atoms with van der Waals surface area (Å²) in [6, 6.07) is 10.4. The Hall–Kier alpha value is -1.12. The number of hydrogen-bond acceptors (Lipinski definition) is 2. The molecule has 0 bridgehead atoms. The fourth-order valence-corrected chi connectivity index (χ4v) is 2.40. The summed E-state index contributed by atoms with van der Waals surface area (Å²) in [5.74, 6) is 0. The van der Waals surface area contributed by atoms with Crippen LogP contribution in [-0.2, 0) is 16.1 Å². The molecule has 0 atom stereocenters. The molecule has 0 saturated heterocycles. The molecule has 0 saturated carbocycles. The van der Waals surface area contributed by atoms with Crippen LogP contribution in [0.1, 0.15) is 56.9 Å². The van der Waals surface area contributed by atoms with Crippen molar-refractivity contribution >= 4 is 0 Å². The van der Waals surface area contributed by atoms with Gasteiger partial charge in [-0.05, 0) is 18.4 Å². The summed E-state index contributed by atoms with van der Waals surface area (Å²) in [4.78, 5) is 0. The molecule has 1 aromatic rings. The van der Waals surface area contributed by atoms with Gasteiger partial charge in [-0.3, -0.25) is 0 Å². The van der Waals surface area contributed by atoms with Crippen molar-refractivity contribution in [2.75, 3.05) is 19.8 Å². The largest absolute Gasteiger partial charge is 0.377 e. The van der Waals surface area contributed by atoms with Gasteiger partial charge in [-0.2, -0.15) is 0 Å². The van der Waals surface area contributed by atoms with E-state index in [1.807, 2.05) is 12.1 Å². The van der Waals surface area contributed by atoms with Gasteiger partial charge in [-0.25, -0.2) is 0 Å². The molecule has 0 aliphatic carbocycles. The molecule has 0 aliphatic heterocycles. The predicted molar refractivity (Wildman–Crippen MR) is 94.1 cm³/mol. The molecule has 2 nitrogen and oxygen atoms in total. The van der Waals surface area contributed by atoms with E-state index in [1.165, 1.54) is 56.9 Å². The average Bonchev–Trinajstić information content (AvgIpc) is 2.56. The first-order valence-corrected chi connectivity index (χ1v) is 8.74. The number of unbranched alkanes of at least 4 members (excludes halogenated alkanes) is 7. The molecule has 0 amide bonds. The van der Waals surface area contributed by atoms with Gasteiger partial charge in [0.05, 0.1) is 13.2 Å². The summed E-state index contributed by atoms with van der Waals surface area (Å²) in [7, 11) is 0. The molecule has 1 aromatic carbocycles. The minimum atomic E-state index is 0.687. The average molecular weight is 304 g/mol. The van der Waals surface area contributed by atoms with E-state index in [2.05, 4.69) is 30.8 Å². The van der Waals surface area contributed by atoms with Gasteiger partial charge in [0.2, 0.25) is 0 Å². The van der Waals surface area contributed by atoms with E-state index in [4.69, 9.17) is 9.47 Å². The second-order valence-electron chi connectivity index (χ2n) is 5.73. The van der Waals surface area contributed by atoms with E-state index >= 15 is 0 Å². The predicted octanol–water partition coefficient (Wildman–Crippen LogP) is 5.53. The Balaban J connectivity index is 1.74. The maximum Gasteiger partial charge on any atom is 0.0716 e. The molecule has 0 aromatic heterocycles. The van der Waals surface area contributed by atoms with E-state index in [0.717, 1.165) is 19.8 Å². The van der Waals surface area contributed by atoms with E-state index < -0.39 is 0 Å². The van der Waals surface area contributed by atoms with Gasteiger partial charge >= 0.3 is 0 Å². The zero-order chi connectivity index (χ0) is 15.7. The van der Waals surface area contributed by atoms with Crippen LogP contribution in [-0.4, -0.2) is 19.8 Å². The van der Waals surface area contributed by atoms with Gasteiger partial charge in [0.1, 0.15) is 0 Å². The topological polar surface area (TPSA) is 18.5 Å². The summed E-state index contributed by atoms with van der Waals surface area (Å²) < 4.78 is 11.1. The van der Waals surface area contributed by atoms with Crippen molar-refractivity contribution < 1.29 is 9.47 Å². The lowest BCUT2D eigenvalue weighted by atomic mass is 10.1. The first kappa shape index (κ1) is 18.9.